The van der Waals surface area contributed by atoms with Crippen molar-refractivity contribution in [3.05, 3.63) is 63.9 Å². The maximum atomic E-state index is 5.25. The van der Waals surface area contributed by atoms with E-state index in [4.69, 9.17) is 9.73 Å². The van der Waals surface area contributed by atoms with Crippen LogP contribution in [-0.4, -0.2) is 34.4 Å². The third kappa shape index (κ3) is 7.49. The molecule has 9 heteroatoms. The Labute approximate surface area is 205 Å². The lowest BCUT2D eigenvalue weighted by Crippen LogP contribution is -2.37. The largest absolute Gasteiger partial charge is 0.497 e. The summed E-state index contributed by atoms with van der Waals surface area (Å²) >= 11 is 1.73. The van der Waals surface area contributed by atoms with Gasteiger partial charge in [0.25, 0.3) is 0 Å². The number of methoxy groups -OCH3 is 1. The van der Waals surface area contributed by atoms with Crippen LogP contribution in [0.25, 0.3) is 0 Å². The lowest BCUT2D eigenvalue weighted by molar-refractivity contribution is 0.414. The second kappa shape index (κ2) is 12.7. The Balaban J connectivity index is 0.00000341. The van der Waals surface area contributed by atoms with E-state index in [1.54, 1.807) is 18.4 Å². The molecule has 0 saturated heterocycles. The zero-order valence-electron chi connectivity index (χ0n) is 18.5. The lowest BCUT2D eigenvalue weighted by atomic mass is 9.98. The Bertz CT molecular complexity index is 940. The van der Waals surface area contributed by atoms with Gasteiger partial charge in [0.1, 0.15) is 18.1 Å². The number of nitrogens with zero attached hydrogens (tertiary/aromatic N) is 4. The van der Waals surface area contributed by atoms with Gasteiger partial charge in [0.15, 0.2) is 11.8 Å². The van der Waals surface area contributed by atoms with Gasteiger partial charge in [-0.15, -0.1) is 45.5 Å². The second-order valence-corrected chi connectivity index (χ2v) is 8.24. The molecule has 0 aliphatic carbocycles. The zero-order valence-corrected chi connectivity index (χ0v) is 21.6. The summed E-state index contributed by atoms with van der Waals surface area (Å²) in [5.74, 6) is 3.83. The molecule has 3 aromatic rings. The Kier molecular flexibility index (Phi) is 10.3. The van der Waals surface area contributed by atoms with Crippen molar-refractivity contribution >= 4 is 41.3 Å². The van der Waals surface area contributed by atoms with Gasteiger partial charge >= 0.3 is 0 Å². The van der Waals surface area contributed by atoms with Gasteiger partial charge in [-0.25, -0.2) is 4.99 Å². The number of hydrogen-bond donors (Lipinski definition) is 2. The van der Waals surface area contributed by atoms with Crippen LogP contribution in [0.5, 0.6) is 5.75 Å². The number of aromatic nitrogens is 3. The van der Waals surface area contributed by atoms with Crippen LogP contribution in [0, 0.1) is 6.92 Å². The molecule has 0 radical (unpaired) electrons. The number of thiophene rings is 1. The second-order valence-electron chi connectivity index (χ2n) is 7.21. The molecule has 2 N–H and O–H groups in total. The summed E-state index contributed by atoms with van der Waals surface area (Å²) in [6.45, 7) is 6.22. The Morgan fingerprint density at radius 3 is 2.58 bits per heavy atom. The maximum absolute atomic E-state index is 5.25. The molecule has 1 unspecified atom stereocenters. The van der Waals surface area contributed by atoms with E-state index >= 15 is 0 Å². The predicted octanol–water partition coefficient (Wildman–Crippen LogP) is 4.24. The van der Waals surface area contributed by atoms with Gasteiger partial charge in [0.05, 0.1) is 13.7 Å². The summed E-state index contributed by atoms with van der Waals surface area (Å²) < 4.78 is 7.21. The standard InChI is InChI=1S/C22H30N6OS.HI/c1-16(18-7-9-19(29-4)10-8-18)11-12-23-22(24-14-20-6-5-13-30-20)25-15-21-27-26-17(2)28(21)3;/h5-10,13,16H,11-12,14-15H2,1-4H3,(H2,23,24,25);1H. The number of halogens is 1. The van der Waals surface area contributed by atoms with Crippen molar-refractivity contribution in [1.82, 2.24) is 25.4 Å². The Morgan fingerprint density at radius 2 is 1.97 bits per heavy atom. The van der Waals surface area contributed by atoms with E-state index in [0.717, 1.165) is 42.9 Å². The highest BCUT2D eigenvalue weighted by Gasteiger charge is 2.08. The van der Waals surface area contributed by atoms with Crippen molar-refractivity contribution in [3.8, 4) is 5.75 Å². The Morgan fingerprint density at radius 1 is 1.19 bits per heavy atom. The molecular formula is C22H31IN6OS. The molecule has 2 aromatic heterocycles. The summed E-state index contributed by atoms with van der Waals surface area (Å²) in [5, 5.41) is 17.3. The summed E-state index contributed by atoms with van der Waals surface area (Å²) in [5.41, 5.74) is 1.30. The van der Waals surface area contributed by atoms with Crippen molar-refractivity contribution in [2.24, 2.45) is 12.0 Å². The first-order valence-corrected chi connectivity index (χ1v) is 11.0. The molecule has 0 saturated carbocycles. The zero-order chi connectivity index (χ0) is 21.3. The van der Waals surface area contributed by atoms with Gasteiger partial charge < -0.3 is 19.9 Å². The van der Waals surface area contributed by atoms with Gasteiger partial charge in [0.2, 0.25) is 0 Å². The van der Waals surface area contributed by atoms with Gasteiger partial charge in [-0.05, 0) is 48.4 Å². The van der Waals surface area contributed by atoms with E-state index < -0.39 is 0 Å². The molecule has 31 heavy (non-hydrogen) atoms. The molecule has 0 aliphatic rings. The lowest BCUT2D eigenvalue weighted by Gasteiger charge is -2.16. The minimum Gasteiger partial charge on any atom is -0.497 e. The van der Waals surface area contributed by atoms with Gasteiger partial charge in [-0.2, -0.15) is 0 Å². The molecule has 2 heterocycles. The molecule has 0 aliphatic heterocycles. The number of ether oxygens (including phenoxy) is 1. The SMILES string of the molecule is COc1ccc(C(C)CCNC(=NCc2nnc(C)n2C)NCc2cccs2)cc1.I. The van der Waals surface area contributed by atoms with E-state index in [9.17, 15) is 0 Å². The van der Waals surface area contributed by atoms with Crippen LogP contribution in [0.1, 0.15) is 41.4 Å². The summed E-state index contributed by atoms with van der Waals surface area (Å²) in [7, 11) is 3.65. The molecule has 0 fully saturated rings. The first-order valence-electron chi connectivity index (χ1n) is 10.1. The monoisotopic (exact) mass is 554 g/mol. The highest BCUT2D eigenvalue weighted by molar-refractivity contribution is 14.0. The van der Waals surface area contributed by atoms with Crippen molar-refractivity contribution in [2.45, 2.75) is 39.3 Å². The molecule has 168 valence electrons. The van der Waals surface area contributed by atoms with Gasteiger partial charge in [-0.1, -0.05) is 25.1 Å². The molecule has 3 rings (SSSR count). The smallest absolute Gasteiger partial charge is 0.192 e. The van der Waals surface area contributed by atoms with Crippen LogP contribution in [-0.2, 0) is 20.1 Å². The van der Waals surface area contributed by atoms with Crippen LogP contribution < -0.4 is 15.4 Å². The minimum absolute atomic E-state index is 0. The first kappa shape index (κ1) is 25.1. The number of guanidine groups is 1. The molecule has 0 bridgehead atoms. The fourth-order valence-electron chi connectivity index (χ4n) is 3.00. The highest BCUT2D eigenvalue weighted by atomic mass is 127. The summed E-state index contributed by atoms with van der Waals surface area (Å²) in [6.07, 6.45) is 0.995. The maximum Gasteiger partial charge on any atom is 0.192 e. The van der Waals surface area contributed by atoms with E-state index in [1.807, 2.05) is 30.7 Å². The van der Waals surface area contributed by atoms with Crippen LogP contribution >= 0.6 is 35.3 Å². The van der Waals surface area contributed by atoms with Crippen LogP contribution in [0.4, 0.5) is 0 Å². The fourth-order valence-corrected chi connectivity index (χ4v) is 3.65. The van der Waals surface area contributed by atoms with E-state index in [1.165, 1.54) is 10.4 Å². The van der Waals surface area contributed by atoms with E-state index in [-0.39, 0.29) is 24.0 Å². The van der Waals surface area contributed by atoms with E-state index in [0.29, 0.717) is 12.5 Å². The van der Waals surface area contributed by atoms with Crippen molar-refractivity contribution in [1.29, 1.82) is 0 Å². The average Bonchev–Trinajstić information content (AvgIpc) is 3.40. The van der Waals surface area contributed by atoms with E-state index in [2.05, 4.69) is 57.4 Å². The van der Waals surface area contributed by atoms with Crippen molar-refractivity contribution in [3.63, 3.8) is 0 Å². The normalized spacial score (nSPS) is 12.2. The highest BCUT2D eigenvalue weighted by Crippen LogP contribution is 2.21. The van der Waals surface area contributed by atoms with Crippen molar-refractivity contribution in [2.75, 3.05) is 13.7 Å². The average molecular weight is 555 g/mol. The molecule has 0 spiro atoms. The molecule has 1 atom stereocenters. The Hall–Kier alpha value is -2.14. The van der Waals surface area contributed by atoms with Crippen LogP contribution in [0.15, 0.2) is 46.8 Å². The fraction of sp³-hybridized carbons (Fsp3) is 0.409. The summed E-state index contributed by atoms with van der Waals surface area (Å²) in [4.78, 5) is 5.99. The van der Waals surface area contributed by atoms with Gasteiger partial charge in [-0.3, -0.25) is 0 Å². The minimum atomic E-state index is 0. The van der Waals surface area contributed by atoms with Crippen molar-refractivity contribution < 1.29 is 4.74 Å². The van der Waals surface area contributed by atoms with Crippen LogP contribution in [0.2, 0.25) is 0 Å². The third-order valence-corrected chi connectivity index (χ3v) is 6.00. The molecule has 0 amide bonds. The quantitative estimate of drug-likeness (QED) is 0.235. The topological polar surface area (TPSA) is 76.4 Å². The number of benzene rings is 1. The van der Waals surface area contributed by atoms with Gasteiger partial charge in [0, 0.05) is 18.5 Å². The first-order chi connectivity index (χ1) is 14.6. The number of rotatable bonds is 9. The number of hydrogen-bond acceptors (Lipinski definition) is 5. The molecular weight excluding hydrogens is 523 g/mol. The number of nitrogens with one attached hydrogen (secondary N) is 2. The molecule has 7 nitrogen and oxygen atoms in total. The molecule has 1 aromatic carbocycles. The van der Waals surface area contributed by atoms with Crippen LogP contribution in [0.3, 0.4) is 0 Å². The number of aryl methyl sites for hydroxylation is 1. The third-order valence-electron chi connectivity index (χ3n) is 5.13. The summed E-state index contributed by atoms with van der Waals surface area (Å²) in [6, 6.07) is 12.5. The number of aliphatic imine (C=N–C) groups is 1. The predicted molar refractivity (Wildman–Crippen MR) is 137 cm³/mol.